The summed E-state index contributed by atoms with van der Waals surface area (Å²) in [4.78, 5) is 2.32. The van der Waals surface area contributed by atoms with Crippen molar-refractivity contribution in [1.82, 2.24) is 4.90 Å². The molecule has 4 rings (SSSR count). The maximum Gasteiger partial charge on any atom is 0.525 e. The van der Waals surface area contributed by atoms with Crippen LogP contribution in [0.15, 0.2) is 11.3 Å². The number of nitrogens with zero attached hydrogens (tertiary/aromatic N) is 1. The van der Waals surface area contributed by atoms with Crippen molar-refractivity contribution in [3.8, 4) is 0 Å². The highest BCUT2D eigenvalue weighted by molar-refractivity contribution is 6.53. The van der Waals surface area contributed by atoms with Gasteiger partial charge in [-0.05, 0) is 65.1 Å². The Bertz CT molecular complexity index is 398. The first-order valence-electron chi connectivity index (χ1n) is 7.26. The molecule has 4 fully saturated rings. The van der Waals surface area contributed by atoms with Gasteiger partial charge >= 0.3 is 7.12 Å². The monoisotopic (exact) mass is 267 g/mol. The first kappa shape index (κ1) is 13.6. The lowest BCUT2D eigenvalue weighted by Crippen LogP contribution is -2.44. The second-order valence-electron chi connectivity index (χ2n) is 7.01. The quantitative estimate of drug-likeness (QED) is 0.681. The van der Waals surface area contributed by atoms with E-state index in [4.69, 9.17) is 9.31 Å². The lowest BCUT2D eigenvalue weighted by atomic mass is 9.75. The maximum atomic E-state index is 14.7. The number of halogens is 1. The molecule has 3 nitrogen and oxygen atoms in total. The molecule has 0 amide bonds. The Balaban J connectivity index is 1.84. The van der Waals surface area contributed by atoms with E-state index in [0.717, 1.165) is 38.0 Å². The molecule has 106 valence electrons. The first-order valence-corrected chi connectivity index (χ1v) is 7.26. The second kappa shape index (κ2) is 4.30. The van der Waals surface area contributed by atoms with Gasteiger partial charge < -0.3 is 9.31 Å². The molecule has 0 atom stereocenters. The molecule has 19 heavy (non-hydrogen) atoms. The van der Waals surface area contributed by atoms with E-state index in [0.29, 0.717) is 5.92 Å². The maximum absolute atomic E-state index is 14.7. The van der Waals surface area contributed by atoms with Crippen LogP contribution in [0, 0.1) is 5.92 Å². The Morgan fingerprint density at radius 2 is 1.68 bits per heavy atom. The minimum absolute atomic E-state index is 0.173. The molecule has 4 heterocycles. The van der Waals surface area contributed by atoms with E-state index in [9.17, 15) is 4.39 Å². The fourth-order valence-electron chi connectivity index (χ4n) is 3.18. The molecule has 0 aliphatic carbocycles. The first-order chi connectivity index (χ1) is 8.80. The predicted octanol–water partition coefficient (Wildman–Crippen LogP) is 2.57. The van der Waals surface area contributed by atoms with Crippen LogP contribution >= 0.6 is 0 Å². The minimum Gasteiger partial charge on any atom is -0.398 e. The van der Waals surface area contributed by atoms with E-state index in [1.807, 2.05) is 27.7 Å². The molecule has 4 aliphatic rings. The average molecular weight is 267 g/mol. The van der Waals surface area contributed by atoms with Crippen molar-refractivity contribution in [2.24, 2.45) is 5.92 Å². The summed E-state index contributed by atoms with van der Waals surface area (Å²) in [5.41, 5.74) is -0.198. The zero-order chi connectivity index (χ0) is 13.8. The fraction of sp³-hybridized carbons (Fsp3) is 0.857. The van der Waals surface area contributed by atoms with E-state index in [2.05, 4.69) is 4.90 Å². The van der Waals surface area contributed by atoms with Gasteiger partial charge in [0.05, 0.1) is 11.2 Å². The van der Waals surface area contributed by atoms with Gasteiger partial charge in [0.2, 0.25) is 0 Å². The molecular formula is C14H23BFNO2. The van der Waals surface area contributed by atoms with Gasteiger partial charge in [-0.1, -0.05) is 0 Å². The largest absolute Gasteiger partial charge is 0.525 e. The third-order valence-corrected chi connectivity index (χ3v) is 5.24. The van der Waals surface area contributed by atoms with Crippen LogP contribution in [0.4, 0.5) is 4.39 Å². The summed E-state index contributed by atoms with van der Waals surface area (Å²) in [7, 11) is -0.819. The summed E-state index contributed by atoms with van der Waals surface area (Å²) in [6.07, 6.45) is 2.14. The van der Waals surface area contributed by atoms with Crippen molar-refractivity contribution in [3.05, 3.63) is 11.3 Å². The van der Waals surface area contributed by atoms with Gasteiger partial charge in [0, 0.05) is 6.54 Å². The van der Waals surface area contributed by atoms with Crippen LogP contribution in [-0.2, 0) is 9.31 Å². The van der Waals surface area contributed by atoms with Gasteiger partial charge in [0.15, 0.2) is 0 Å². The summed E-state index contributed by atoms with van der Waals surface area (Å²) < 4.78 is 26.4. The Kier molecular flexibility index (Phi) is 3.08. The molecule has 4 saturated heterocycles. The van der Waals surface area contributed by atoms with Crippen molar-refractivity contribution >= 4 is 7.12 Å². The molecule has 2 bridgehead atoms. The van der Waals surface area contributed by atoms with Crippen molar-refractivity contribution in [2.75, 3.05) is 19.6 Å². The lowest BCUT2D eigenvalue weighted by Gasteiger charge is -2.41. The van der Waals surface area contributed by atoms with Crippen molar-refractivity contribution < 1.29 is 13.7 Å². The van der Waals surface area contributed by atoms with E-state index < -0.39 is 18.3 Å². The van der Waals surface area contributed by atoms with Crippen molar-refractivity contribution in [2.45, 2.75) is 51.7 Å². The van der Waals surface area contributed by atoms with Gasteiger partial charge in [-0.3, -0.25) is 4.90 Å². The number of fused-ring (bicyclic) bond motifs is 3. The Hall–Kier alpha value is -0.385. The summed E-state index contributed by atoms with van der Waals surface area (Å²) >= 11 is 0. The van der Waals surface area contributed by atoms with E-state index >= 15 is 0 Å². The number of piperidine rings is 3. The third-order valence-electron chi connectivity index (χ3n) is 5.24. The van der Waals surface area contributed by atoms with Gasteiger partial charge in [0.1, 0.15) is 5.73 Å². The van der Waals surface area contributed by atoms with Crippen molar-refractivity contribution in [1.29, 1.82) is 0 Å². The standard InChI is InChI=1S/C14H23BFNO2/c1-13(2)14(3,4)19-15(18-13)12(16)11-9-17-7-5-10(11)6-8-17/h10H,5-9H2,1-4H3. The molecule has 0 spiro atoms. The normalized spacial score (nSPS) is 38.7. The third kappa shape index (κ3) is 2.16. The highest BCUT2D eigenvalue weighted by atomic mass is 19.1. The van der Waals surface area contributed by atoms with Gasteiger partial charge in [-0.2, -0.15) is 0 Å². The van der Waals surface area contributed by atoms with Gasteiger partial charge in [0.25, 0.3) is 0 Å². The summed E-state index contributed by atoms with van der Waals surface area (Å²) in [6, 6.07) is 0. The van der Waals surface area contributed by atoms with Gasteiger partial charge in [-0.25, -0.2) is 4.39 Å². The summed E-state index contributed by atoms with van der Waals surface area (Å²) in [6.45, 7) is 10.8. The molecule has 0 radical (unpaired) electrons. The van der Waals surface area contributed by atoms with Crippen LogP contribution in [0.25, 0.3) is 0 Å². The molecule has 0 unspecified atom stereocenters. The lowest BCUT2D eigenvalue weighted by molar-refractivity contribution is 0.00578. The highest BCUT2D eigenvalue weighted by Crippen LogP contribution is 2.41. The topological polar surface area (TPSA) is 21.7 Å². The molecule has 0 aromatic rings. The average Bonchev–Trinajstić information content (AvgIpc) is 2.59. The number of rotatable bonds is 1. The predicted molar refractivity (Wildman–Crippen MR) is 73.4 cm³/mol. The van der Waals surface area contributed by atoms with E-state index in [1.54, 1.807) is 0 Å². The smallest absolute Gasteiger partial charge is 0.398 e. The SMILES string of the molecule is CC1(C)OB(C(F)=C2CN3CCC2CC3)OC1(C)C. The van der Waals surface area contributed by atoms with Crippen LogP contribution < -0.4 is 0 Å². The highest BCUT2D eigenvalue weighted by Gasteiger charge is 2.54. The van der Waals surface area contributed by atoms with Crippen LogP contribution in [0.3, 0.4) is 0 Å². The molecule has 5 heteroatoms. The zero-order valence-corrected chi connectivity index (χ0v) is 12.3. The molecule has 0 aromatic carbocycles. The minimum atomic E-state index is -0.819. The second-order valence-corrected chi connectivity index (χ2v) is 7.01. The molecule has 4 aliphatic heterocycles. The van der Waals surface area contributed by atoms with Crippen LogP contribution in [-0.4, -0.2) is 42.9 Å². The fourth-order valence-corrected chi connectivity index (χ4v) is 3.18. The Labute approximate surface area is 115 Å². The van der Waals surface area contributed by atoms with Crippen LogP contribution in [0.2, 0.25) is 0 Å². The Morgan fingerprint density at radius 1 is 1.16 bits per heavy atom. The molecular weight excluding hydrogens is 244 g/mol. The molecule has 0 saturated carbocycles. The number of hydrogen-bond acceptors (Lipinski definition) is 3. The summed E-state index contributed by atoms with van der Waals surface area (Å²) in [5, 5.41) is 0. The van der Waals surface area contributed by atoms with Crippen LogP contribution in [0.5, 0.6) is 0 Å². The summed E-state index contributed by atoms with van der Waals surface area (Å²) in [5.74, 6) is 0.393. The molecule has 0 N–H and O–H groups in total. The van der Waals surface area contributed by atoms with Crippen molar-refractivity contribution in [3.63, 3.8) is 0 Å². The molecule has 0 aromatic heterocycles. The Morgan fingerprint density at radius 3 is 2.11 bits per heavy atom. The number of hydrogen-bond donors (Lipinski definition) is 0. The zero-order valence-electron chi connectivity index (χ0n) is 12.3. The van der Waals surface area contributed by atoms with Crippen LogP contribution in [0.1, 0.15) is 40.5 Å². The van der Waals surface area contributed by atoms with Gasteiger partial charge in [-0.15, -0.1) is 0 Å². The van der Waals surface area contributed by atoms with E-state index in [1.165, 1.54) is 0 Å². The van der Waals surface area contributed by atoms with E-state index in [-0.39, 0.29) is 5.73 Å².